The molecule has 0 aromatic heterocycles. The van der Waals surface area contributed by atoms with Crippen LogP contribution in [-0.4, -0.2) is 43.5 Å². The number of hydrogen-bond acceptors (Lipinski definition) is 6. The molecule has 0 aliphatic carbocycles. The number of rotatable bonds is 7. The first-order valence-corrected chi connectivity index (χ1v) is 8.33. The number of aryl methyl sites for hydroxylation is 1. The van der Waals surface area contributed by atoms with E-state index in [1.165, 1.54) is 5.56 Å². The predicted octanol–water partition coefficient (Wildman–Crippen LogP) is 2.47. The standard InChI is InChI=1S/C18H23NO3.C2H2O4/c1-13-9-14(5-7-16(13)20-2)11-19-12-15-6-8-17(21-3)18(10-15)22-4;3-1(4)2(5)6/h5-10,19H,11-12H2,1-4H3;(H,3,4)(H,5,6). The molecule has 2 aromatic carbocycles. The Kier molecular flexibility index (Phi) is 9.32. The summed E-state index contributed by atoms with van der Waals surface area (Å²) in [7, 11) is 4.98. The second-order valence-corrected chi connectivity index (χ2v) is 5.71. The lowest BCUT2D eigenvalue weighted by molar-refractivity contribution is -0.159. The molecule has 0 radical (unpaired) electrons. The third-order valence-electron chi connectivity index (χ3n) is 3.75. The maximum absolute atomic E-state index is 9.10. The summed E-state index contributed by atoms with van der Waals surface area (Å²) < 4.78 is 15.8. The molecule has 152 valence electrons. The highest BCUT2D eigenvalue weighted by atomic mass is 16.5. The SMILES string of the molecule is COc1ccc(CNCc2ccc(OC)c(OC)c2)cc1C.O=C(O)C(=O)O. The van der Waals surface area contributed by atoms with Gasteiger partial charge in [0.2, 0.25) is 0 Å². The van der Waals surface area contributed by atoms with E-state index in [0.29, 0.717) is 0 Å². The lowest BCUT2D eigenvalue weighted by Gasteiger charge is -2.11. The van der Waals surface area contributed by atoms with Crippen molar-refractivity contribution in [3.05, 3.63) is 53.1 Å². The minimum atomic E-state index is -1.82. The van der Waals surface area contributed by atoms with Crippen molar-refractivity contribution in [2.24, 2.45) is 0 Å². The van der Waals surface area contributed by atoms with Crippen LogP contribution in [0.15, 0.2) is 36.4 Å². The number of methoxy groups -OCH3 is 3. The summed E-state index contributed by atoms with van der Waals surface area (Å²) in [6.07, 6.45) is 0. The van der Waals surface area contributed by atoms with E-state index < -0.39 is 11.9 Å². The van der Waals surface area contributed by atoms with Crippen LogP contribution in [0.3, 0.4) is 0 Å². The zero-order valence-electron chi connectivity index (χ0n) is 16.3. The van der Waals surface area contributed by atoms with Gasteiger partial charge in [-0.3, -0.25) is 0 Å². The molecule has 2 aromatic rings. The van der Waals surface area contributed by atoms with E-state index in [4.69, 9.17) is 34.0 Å². The molecule has 0 unspecified atom stereocenters. The molecule has 0 aliphatic rings. The van der Waals surface area contributed by atoms with Crippen LogP contribution in [0, 0.1) is 6.92 Å². The zero-order chi connectivity index (χ0) is 21.1. The monoisotopic (exact) mass is 391 g/mol. The number of benzene rings is 2. The lowest BCUT2D eigenvalue weighted by atomic mass is 10.1. The first-order chi connectivity index (χ1) is 13.3. The summed E-state index contributed by atoms with van der Waals surface area (Å²) in [4.78, 5) is 18.2. The van der Waals surface area contributed by atoms with Gasteiger partial charge in [0.15, 0.2) is 11.5 Å². The predicted molar refractivity (Wildman–Crippen MR) is 103 cm³/mol. The van der Waals surface area contributed by atoms with E-state index in [0.717, 1.165) is 41.5 Å². The first-order valence-electron chi connectivity index (χ1n) is 8.33. The topological polar surface area (TPSA) is 114 Å². The molecule has 8 heteroatoms. The number of hydrogen-bond donors (Lipinski definition) is 3. The molecule has 0 aliphatic heterocycles. The summed E-state index contributed by atoms with van der Waals surface area (Å²) in [5.74, 6) is -1.23. The van der Waals surface area contributed by atoms with Gasteiger partial charge in [0, 0.05) is 13.1 Å². The van der Waals surface area contributed by atoms with E-state index in [9.17, 15) is 0 Å². The van der Waals surface area contributed by atoms with E-state index in [-0.39, 0.29) is 0 Å². The van der Waals surface area contributed by atoms with Gasteiger partial charge in [0.05, 0.1) is 21.3 Å². The van der Waals surface area contributed by atoms with Crippen LogP contribution in [-0.2, 0) is 22.7 Å². The molecule has 0 bridgehead atoms. The fourth-order valence-corrected chi connectivity index (χ4v) is 2.39. The Morgan fingerprint density at radius 3 is 1.68 bits per heavy atom. The van der Waals surface area contributed by atoms with Gasteiger partial charge in [0.1, 0.15) is 5.75 Å². The molecular weight excluding hydrogens is 366 g/mol. The molecule has 0 heterocycles. The minimum Gasteiger partial charge on any atom is -0.496 e. The van der Waals surface area contributed by atoms with Crippen LogP contribution < -0.4 is 19.5 Å². The minimum absolute atomic E-state index is 0.747. The van der Waals surface area contributed by atoms with E-state index in [1.807, 2.05) is 24.3 Å². The highest BCUT2D eigenvalue weighted by molar-refractivity contribution is 6.27. The smallest absolute Gasteiger partial charge is 0.414 e. The van der Waals surface area contributed by atoms with Crippen molar-refractivity contribution < 1.29 is 34.0 Å². The van der Waals surface area contributed by atoms with Gasteiger partial charge in [-0.1, -0.05) is 18.2 Å². The quantitative estimate of drug-likeness (QED) is 0.617. The molecule has 0 saturated carbocycles. The molecule has 0 saturated heterocycles. The van der Waals surface area contributed by atoms with Crippen molar-refractivity contribution in [1.29, 1.82) is 0 Å². The Labute approximate surface area is 163 Å². The van der Waals surface area contributed by atoms with E-state index in [2.05, 4.69) is 24.4 Å². The van der Waals surface area contributed by atoms with Crippen LogP contribution >= 0.6 is 0 Å². The van der Waals surface area contributed by atoms with Crippen LogP contribution in [0.4, 0.5) is 0 Å². The van der Waals surface area contributed by atoms with Crippen molar-refractivity contribution in [3.8, 4) is 17.2 Å². The molecule has 0 spiro atoms. The third-order valence-corrected chi connectivity index (χ3v) is 3.75. The van der Waals surface area contributed by atoms with Crippen LogP contribution in [0.25, 0.3) is 0 Å². The molecule has 0 fully saturated rings. The Morgan fingerprint density at radius 1 is 0.786 bits per heavy atom. The molecule has 3 N–H and O–H groups in total. The van der Waals surface area contributed by atoms with Crippen LogP contribution in [0.1, 0.15) is 16.7 Å². The molecular formula is C20H25NO7. The number of carboxylic acid groups (broad SMARTS) is 2. The largest absolute Gasteiger partial charge is 0.496 e. The number of nitrogens with one attached hydrogen (secondary N) is 1. The average molecular weight is 391 g/mol. The number of ether oxygens (including phenoxy) is 3. The molecule has 8 nitrogen and oxygen atoms in total. The highest BCUT2D eigenvalue weighted by Gasteiger charge is 2.05. The van der Waals surface area contributed by atoms with Crippen LogP contribution in [0.5, 0.6) is 17.2 Å². The Hall–Kier alpha value is -3.26. The summed E-state index contributed by atoms with van der Waals surface area (Å²) in [5.41, 5.74) is 3.54. The highest BCUT2D eigenvalue weighted by Crippen LogP contribution is 2.27. The van der Waals surface area contributed by atoms with Gasteiger partial charge < -0.3 is 29.7 Å². The Bertz CT molecular complexity index is 793. The average Bonchev–Trinajstić information content (AvgIpc) is 2.68. The van der Waals surface area contributed by atoms with Gasteiger partial charge in [-0.2, -0.15) is 0 Å². The van der Waals surface area contributed by atoms with E-state index in [1.54, 1.807) is 21.3 Å². The maximum atomic E-state index is 9.10. The van der Waals surface area contributed by atoms with Crippen molar-refractivity contribution in [2.75, 3.05) is 21.3 Å². The summed E-state index contributed by atoms with van der Waals surface area (Å²) >= 11 is 0. The van der Waals surface area contributed by atoms with Crippen molar-refractivity contribution in [2.45, 2.75) is 20.0 Å². The van der Waals surface area contributed by atoms with E-state index >= 15 is 0 Å². The van der Waals surface area contributed by atoms with Crippen molar-refractivity contribution in [1.82, 2.24) is 5.32 Å². The normalized spacial score (nSPS) is 9.71. The number of aliphatic carboxylic acids is 2. The summed E-state index contributed by atoms with van der Waals surface area (Å²) in [6.45, 7) is 3.63. The zero-order valence-corrected chi connectivity index (χ0v) is 16.3. The second-order valence-electron chi connectivity index (χ2n) is 5.71. The number of carboxylic acids is 2. The molecule has 0 amide bonds. The maximum Gasteiger partial charge on any atom is 0.414 e. The second kappa shape index (κ2) is 11.5. The van der Waals surface area contributed by atoms with Crippen molar-refractivity contribution in [3.63, 3.8) is 0 Å². The molecule has 28 heavy (non-hydrogen) atoms. The Morgan fingerprint density at radius 2 is 1.25 bits per heavy atom. The van der Waals surface area contributed by atoms with Gasteiger partial charge in [-0.25, -0.2) is 9.59 Å². The molecule has 2 rings (SSSR count). The van der Waals surface area contributed by atoms with Gasteiger partial charge in [0.25, 0.3) is 0 Å². The lowest BCUT2D eigenvalue weighted by Crippen LogP contribution is -2.13. The fraction of sp³-hybridized carbons (Fsp3) is 0.300. The van der Waals surface area contributed by atoms with Crippen molar-refractivity contribution >= 4 is 11.9 Å². The van der Waals surface area contributed by atoms with Gasteiger partial charge in [-0.05, 0) is 41.8 Å². The fourth-order valence-electron chi connectivity index (χ4n) is 2.39. The van der Waals surface area contributed by atoms with Crippen LogP contribution in [0.2, 0.25) is 0 Å². The summed E-state index contributed by atoms with van der Waals surface area (Å²) in [6, 6.07) is 12.2. The van der Waals surface area contributed by atoms with Gasteiger partial charge in [-0.15, -0.1) is 0 Å². The third kappa shape index (κ3) is 7.16. The van der Waals surface area contributed by atoms with Gasteiger partial charge >= 0.3 is 11.9 Å². The first kappa shape index (κ1) is 22.8. The molecule has 0 atom stereocenters. The summed E-state index contributed by atoms with van der Waals surface area (Å²) in [5, 5.41) is 18.2. The number of carbonyl (C=O) groups is 2. The Balaban J connectivity index is 0.000000568.